The quantitative estimate of drug-likeness (QED) is 0.292. The molecule has 13 heteroatoms. The molecule has 2 aliphatic heterocycles. The fourth-order valence-corrected chi connectivity index (χ4v) is 5.47. The first-order valence-electron chi connectivity index (χ1n) is 12.1. The van der Waals surface area contributed by atoms with Gasteiger partial charge in [0, 0.05) is 5.56 Å². The number of halogens is 9. The SMILES string of the molecule is Cc1cocc1-c1ccc(C(F)(F)F)cc1[C@@H]1CCC[C@H]2[C@@H](c3cc(C(F)(F)F)cc(C(F)(F)F)c3)OC(=O)N12. The minimum Gasteiger partial charge on any atom is -0.472 e. The number of piperidine rings is 1. The van der Waals surface area contributed by atoms with Crippen molar-refractivity contribution in [3.05, 3.63) is 82.3 Å². The first-order chi connectivity index (χ1) is 18.6. The van der Waals surface area contributed by atoms with E-state index in [1.165, 1.54) is 18.6 Å². The summed E-state index contributed by atoms with van der Waals surface area (Å²) >= 11 is 0. The normalized spacial score (nSPS) is 21.9. The number of carbonyl (C=O) groups excluding carboxylic acids is 1. The summed E-state index contributed by atoms with van der Waals surface area (Å²) in [6, 6.07) is 2.03. The Kier molecular flexibility index (Phi) is 6.61. The molecule has 0 unspecified atom stereocenters. The van der Waals surface area contributed by atoms with Crippen molar-refractivity contribution in [3.8, 4) is 11.1 Å². The fraction of sp³-hybridized carbons (Fsp3) is 0.370. The van der Waals surface area contributed by atoms with Crippen LogP contribution in [0.25, 0.3) is 11.1 Å². The van der Waals surface area contributed by atoms with Crippen LogP contribution in [0.1, 0.15) is 64.8 Å². The monoisotopic (exact) mass is 577 g/mol. The van der Waals surface area contributed by atoms with Crippen LogP contribution in [-0.2, 0) is 23.3 Å². The lowest BCUT2D eigenvalue weighted by atomic mass is 9.84. The van der Waals surface area contributed by atoms with Gasteiger partial charge in [0.1, 0.15) is 6.10 Å². The number of carbonyl (C=O) groups is 1. The predicted octanol–water partition coefficient (Wildman–Crippen LogP) is 9.10. The zero-order valence-electron chi connectivity index (χ0n) is 20.5. The second-order valence-corrected chi connectivity index (χ2v) is 9.83. The summed E-state index contributed by atoms with van der Waals surface area (Å²) in [6.45, 7) is 1.68. The largest absolute Gasteiger partial charge is 0.472 e. The molecule has 0 spiro atoms. The number of ether oxygens (including phenoxy) is 1. The molecule has 2 aromatic carbocycles. The van der Waals surface area contributed by atoms with E-state index < -0.39 is 65.1 Å². The number of furan rings is 1. The number of hydrogen-bond acceptors (Lipinski definition) is 3. The van der Waals surface area contributed by atoms with E-state index in [0.29, 0.717) is 35.2 Å². The molecule has 3 atom stereocenters. The molecular weight excluding hydrogens is 557 g/mol. The lowest BCUT2D eigenvalue weighted by Crippen LogP contribution is -2.41. The van der Waals surface area contributed by atoms with Gasteiger partial charge in [-0.3, -0.25) is 4.90 Å². The van der Waals surface area contributed by atoms with Crippen LogP contribution >= 0.6 is 0 Å². The molecule has 3 aromatic rings. The van der Waals surface area contributed by atoms with E-state index in [-0.39, 0.29) is 24.5 Å². The summed E-state index contributed by atoms with van der Waals surface area (Å²) in [5, 5.41) is 0. The standard InChI is InChI=1S/C27H20F9NO3/c1-13-11-39-12-20(13)18-6-5-15(25(28,29)30)10-19(18)21-3-2-4-22-23(40-24(38)37(21)22)14-7-16(26(31,32)33)9-17(8-14)27(34,35)36/h5-12,21-23H,2-4H2,1H3/t21-,22-,23+/m0/s1. The van der Waals surface area contributed by atoms with E-state index in [0.717, 1.165) is 17.0 Å². The third-order valence-electron chi connectivity index (χ3n) is 7.28. The summed E-state index contributed by atoms with van der Waals surface area (Å²) in [7, 11) is 0. The van der Waals surface area contributed by atoms with Gasteiger partial charge in [0.15, 0.2) is 0 Å². The van der Waals surface area contributed by atoms with Crippen LogP contribution in [0, 0.1) is 6.92 Å². The minimum absolute atomic E-state index is 0.0239. The van der Waals surface area contributed by atoms with Crippen LogP contribution in [0.15, 0.2) is 53.3 Å². The lowest BCUT2D eigenvalue weighted by Gasteiger charge is -2.38. The molecule has 1 amide bonds. The Morgan fingerprint density at radius 1 is 0.775 bits per heavy atom. The Morgan fingerprint density at radius 3 is 1.95 bits per heavy atom. The number of fused-ring (bicyclic) bond motifs is 1. The molecule has 0 radical (unpaired) electrons. The molecule has 0 saturated carbocycles. The maximum absolute atomic E-state index is 13.7. The average molecular weight is 577 g/mol. The van der Waals surface area contributed by atoms with Gasteiger partial charge in [0.25, 0.3) is 0 Å². The van der Waals surface area contributed by atoms with Gasteiger partial charge in [0.2, 0.25) is 0 Å². The Hall–Kier alpha value is -3.64. The Balaban J connectivity index is 1.60. The number of alkyl halides is 9. The van der Waals surface area contributed by atoms with Gasteiger partial charge in [-0.05, 0) is 78.8 Å². The summed E-state index contributed by atoms with van der Waals surface area (Å²) in [5.74, 6) is 0. The van der Waals surface area contributed by atoms with Crippen molar-refractivity contribution in [2.75, 3.05) is 0 Å². The summed E-state index contributed by atoms with van der Waals surface area (Å²) in [6.07, 6.45) is -14.1. The predicted molar refractivity (Wildman–Crippen MR) is 122 cm³/mol. The van der Waals surface area contributed by atoms with Crippen LogP contribution in [0.2, 0.25) is 0 Å². The smallest absolute Gasteiger partial charge is 0.416 e. The number of aryl methyl sites for hydroxylation is 1. The van der Waals surface area contributed by atoms with Gasteiger partial charge >= 0.3 is 24.6 Å². The number of benzene rings is 2. The maximum Gasteiger partial charge on any atom is 0.416 e. The first kappa shape index (κ1) is 27.9. The van der Waals surface area contributed by atoms with Crippen LogP contribution in [0.5, 0.6) is 0 Å². The highest BCUT2D eigenvalue weighted by Gasteiger charge is 2.50. The third-order valence-corrected chi connectivity index (χ3v) is 7.28. The van der Waals surface area contributed by atoms with E-state index >= 15 is 0 Å². The van der Waals surface area contributed by atoms with Crippen molar-refractivity contribution in [1.82, 2.24) is 4.90 Å². The maximum atomic E-state index is 13.7. The van der Waals surface area contributed by atoms with Crippen molar-refractivity contribution in [3.63, 3.8) is 0 Å². The van der Waals surface area contributed by atoms with Crippen molar-refractivity contribution < 1.29 is 53.5 Å². The van der Waals surface area contributed by atoms with Gasteiger partial charge in [-0.15, -0.1) is 0 Å². The summed E-state index contributed by atoms with van der Waals surface area (Å²) in [4.78, 5) is 14.2. The van der Waals surface area contributed by atoms with E-state index in [4.69, 9.17) is 9.15 Å². The average Bonchev–Trinajstić information content (AvgIpc) is 3.44. The molecule has 5 rings (SSSR count). The first-order valence-corrected chi connectivity index (χ1v) is 12.1. The van der Waals surface area contributed by atoms with Gasteiger partial charge in [-0.25, -0.2) is 4.79 Å². The molecule has 4 nitrogen and oxygen atoms in total. The van der Waals surface area contributed by atoms with Gasteiger partial charge in [-0.1, -0.05) is 6.07 Å². The fourth-order valence-electron chi connectivity index (χ4n) is 5.47. The summed E-state index contributed by atoms with van der Waals surface area (Å²) < 4.78 is 132. The van der Waals surface area contributed by atoms with Crippen molar-refractivity contribution in [2.24, 2.45) is 0 Å². The molecule has 3 heterocycles. The summed E-state index contributed by atoms with van der Waals surface area (Å²) in [5.41, 5.74) is -3.06. The van der Waals surface area contributed by atoms with E-state index in [1.54, 1.807) is 6.92 Å². The van der Waals surface area contributed by atoms with Gasteiger partial charge in [-0.2, -0.15) is 39.5 Å². The number of rotatable bonds is 3. The molecule has 0 N–H and O–H groups in total. The second-order valence-electron chi connectivity index (χ2n) is 9.83. The molecule has 1 aromatic heterocycles. The van der Waals surface area contributed by atoms with E-state index in [9.17, 15) is 44.3 Å². The van der Waals surface area contributed by atoms with Gasteiger partial charge < -0.3 is 9.15 Å². The second kappa shape index (κ2) is 9.48. The molecular formula is C27H20F9NO3. The zero-order chi connectivity index (χ0) is 29.2. The number of cyclic esters (lactones) is 1. The Morgan fingerprint density at radius 2 is 1.40 bits per heavy atom. The number of amides is 1. The number of nitrogens with zero attached hydrogens (tertiary/aromatic N) is 1. The van der Waals surface area contributed by atoms with Crippen LogP contribution in [-0.4, -0.2) is 17.0 Å². The van der Waals surface area contributed by atoms with Crippen molar-refractivity contribution >= 4 is 6.09 Å². The Labute approximate surface area is 221 Å². The lowest BCUT2D eigenvalue weighted by molar-refractivity contribution is -0.143. The molecule has 0 aliphatic carbocycles. The molecule has 2 fully saturated rings. The minimum atomic E-state index is -5.11. The van der Waals surface area contributed by atoms with Crippen LogP contribution < -0.4 is 0 Å². The third kappa shape index (κ3) is 5.01. The number of hydrogen-bond donors (Lipinski definition) is 0. The van der Waals surface area contributed by atoms with Crippen molar-refractivity contribution in [2.45, 2.75) is 62.9 Å². The van der Waals surface area contributed by atoms with Gasteiger partial charge in [0.05, 0.1) is 41.3 Å². The highest BCUT2D eigenvalue weighted by molar-refractivity contribution is 5.75. The van der Waals surface area contributed by atoms with E-state index in [1.807, 2.05) is 0 Å². The molecule has 0 bridgehead atoms. The van der Waals surface area contributed by atoms with Crippen LogP contribution in [0.3, 0.4) is 0 Å². The zero-order valence-corrected chi connectivity index (χ0v) is 20.5. The van der Waals surface area contributed by atoms with E-state index in [2.05, 4.69) is 0 Å². The van der Waals surface area contributed by atoms with Crippen molar-refractivity contribution in [1.29, 1.82) is 0 Å². The molecule has 40 heavy (non-hydrogen) atoms. The van der Waals surface area contributed by atoms with Crippen LogP contribution in [0.4, 0.5) is 44.3 Å². The topological polar surface area (TPSA) is 42.7 Å². The molecule has 214 valence electrons. The molecule has 2 saturated heterocycles. The Bertz CT molecular complexity index is 1410. The molecule has 2 aliphatic rings. The highest BCUT2D eigenvalue weighted by Crippen LogP contribution is 2.49. The highest BCUT2D eigenvalue weighted by atomic mass is 19.4.